The van der Waals surface area contributed by atoms with E-state index in [9.17, 15) is 18.3 Å². The van der Waals surface area contributed by atoms with Crippen LogP contribution in [0.15, 0.2) is 18.2 Å². The molecule has 0 saturated carbocycles. The minimum Gasteiger partial charge on any atom is -0.392 e. The Bertz CT molecular complexity index is 432. The van der Waals surface area contributed by atoms with E-state index in [-0.39, 0.29) is 0 Å². The fourth-order valence-electron chi connectivity index (χ4n) is 2.08. The van der Waals surface area contributed by atoms with Crippen LogP contribution in [0, 0.1) is 0 Å². The first-order valence-electron chi connectivity index (χ1n) is 5.76. The number of halogens is 3. The molecule has 1 aliphatic rings. The average molecular weight is 260 g/mol. The van der Waals surface area contributed by atoms with Crippen LogP contribution >= 0.6 is 0 Å². The Morgan fingerprint density at radius 2 is 2.17 bits per heavy atom. The quantitative estimate of drug-likeness (QED) is 0.856. The first-order valence-corrected chi connectivity index (χ1v) is 5.76. The largest absolute Gasteiger partial charge is 0.416 e. The lowest BCUT2D eigenvalue weighted by Gasteiger charge is -2.33. The van der Waals surface area contributed by atoms with E-state index in [1.165, 1.54) is 6.07 Å². The number of fused-ring (bicyclic) bond motifs is 1. The van der Waals surface area contributed by atoms with Crippen molar-refractivity contribution in [3.05, 3.63) is 23.8 Å². The Hall–Kier alpha value is -1.43. The summed E-state index contributed by atoms with van der Waals surface area (Å²) in [6, 6.07) is 3.64. The van der Waals surface area contributed by atoms with E-state index < -0.39 is 17.8 Å². The summed E-state index contributed by atoms with van der Waals surface area (Å²) in [4.78, 5) is 1.89. The fourth-order valence-corrected chi connectivity index (χ4v) is 2.08. The molecule has 0 saturated heterocycles. The van der Waals surface area contributed by atoms with Crippen molar-refractivity contribution in [1.29, 1.82) is 0 Å². The number of β-amino-alcohol motifs (C(OH)–C–C–N with tert-alkyl or cyclic N) is 1. The number of alkyl halides is 3. The molecule has 0 aromatic heterocycles. The van der Waals surface area contributed by atoms with Crippen LogP contribution in [0.3, 0.4) is 0 Å². The number of aliphatic hydroxyl groups excluding tert-OH is 1. The molecular weight excluding hydrogens is 245 g/mol. The Kier molecular flexibility index (Phi) is 3.38. The van der Waals surface area contributed by atoms with Crippen molar-refractivity contribution in [2.75, 3.05) is 29.9 Å². The lowest BCUT2D eigenvalue weighted by molar-refractivity contribution is -0.137. The SMILES string of the molecule is CC(O)CN1CCNc2cc(C(F)(F)F)ccc21. The second-order valence-electron chi connectivity index (χ2n) is 4.45. The van der Waals surface area contributed by atoms with Crippen LogP contribution < -0.4 is 10.2 Å². The topological polar surface area (TPSA) is 35.5 Å². The van der Waals surface area contributed by atoms with E-state index in [1.807, 2.05) is 4.90 Å². The van der Waals surface area contributed by atoms with E-state index in [2.05, 4.69) is 5.32 Å². The second-order valence-corrected chi connectivity index (χ2v) is 4.45. The minimum absolute atomic E-state index is 0.417. The lowest BCUT2D eigenvalue weighted by Crippen LogP contribution is -2.38. The molecular formula is C12H15F3N2O. The predicted molar refractivity (Wildman–Crippen MR) is 63.8 cm³/mol. The van der Waals surface area contributed by atoms with Crippen LogP contribution in [0.25, 0.3) is 0 Å². The minimum atomic E-state index is -4.33. The van der Waals surface area contributed by atoms with Crippen molar-refractivity contribution in [2.45, 2.75) is 19.2 Å². The highest BCUT2D eigenvalue weighted by Gasteiger charge is 2.32. The van der Waals surface area contributed by atoms with Crippen LogP contribution in [-0.2, 0) is 6.18 Å². The van der Waals surface area contributed by atoms with Gasteiger partial charge in [-0.05, 0) is 25.1 Å². The molecule has 0 fully saturated rings. The standard InChI is InChI=1S/C12H15F3N2O/c1-8(18)7-17-5-4-16-10-6-9(12(13,14)15)2-3-11(10)17/h2-3,6,8,16,18H,4-5,7H2,1H3. The molecule has 100 valence electrons. The third-order valence-corrected chi connectivity index (χ3v) is 2.85. The predicted octanol–water partition coefficient (Wildman–Crippen LogP) is 2.32. The Labute approximate surface area is 103 Å². The zero-order valence-electron chi connectivity index (χ0n) is 9.96. The highest BCUT2D eigenvalue weighted by molar-refractivity contribution is 5.73. The Morgan fingerprint density at radius 3 is 2.78 bits per heavy atom. The smallest absolute Gasteiger partial charge is 0.392 e. The summed E-state index contributed by atoms with van der Waals surface area (Å²) in [5.74, 6) is 0. The van der Waals surface area contributed by atoms with Crippen molar-refractivity contribution in [1.82, 2.24) is 0 Å². The number of anilines is 2. The molecule has 1 aromatic carbocycles. The number of aliphatic hydroxyl groups is 1. The molecule has 6 heteroatoms. The van der Waals surface area contributed by atoms with Gasteiger partial charge in [0, 0.05) is 19.6 Å². The molecule has 1 atom stereocenters. The lowest BCUT2D eigenvalue weighted by atomic mass is 10.1. The van der Waals surface area contributed by atoms with Gasteiger partial charge in [0.25, 0.3) is 0 Å². The molecule has 3 nitrogen and oxygen atoms in total. The second kappa shape index (κ2) is 4.68. The maximum Gasteiger partial charge on any atom is 0.416 e. The van der Waals surface area contributed by atoms with Gasteiger partial charge >= 0.3 is 6.18 Å². The molecule has 0 spiro atoms. The van der Waals surface area contributed by atoms with Crippen molar-refractivity contribution in [3.8, 4) is 0 Å². The third kappa shape index (κ3) is 2.69. The van der Waals surface area contributed by atoms with Gasteiger partial charge in [0.05, 0.1) is 23.0 Å². The molecule has 1 unspecified atom stereocenters. The van der Waals surface area contributed by atoms with Crippen LogP contribution in [0.5, 0.6) is 0 Å². The zero-order chi connectivity index (χ0) is 13.3. The molecule has 0 bridgehead atoms. The zero-order valence-corrected chi connectivity index (χ0v) is 9.96. The van der Waals surface area contributed by atoms with Gasteiger partial charge in [-0.1, -0.05) is 0 Å². The van der Waals surface area contributed by atoms with E-state index in [4.69, 9.17) is 0 Å². The Morgan fingerprint density at radius 1 is 1.44 bits per heavy atom. The normalized spacial score (nSPS) is 17.1. The third-order valence-electron chi connectivity index (χ3n) is 2.85. The van der Waals surface area contributed by atoms with Crippen molar-refractivity contribution in [2.24, 2.45) is 0 Å². The van der Waals surface area contributed by atoms with Gasteiger partial charge in [-0.25, -0.2) is 0 Å². The van der Waals surface area contributed by atoms with Crippen LogP contribution in [0.4, 0.5) is 24.5 Å². The summed E-state index contributed by atoms with van der Waals surface area (Å²) in [5, 5.41) is 12.3. The van der Waals surface area contributed by atoms with Crippen LogP contribution in [0.1, 0.15) is 12.5 Å². The highest BCUT2D eigenvalue weighted by Crippen LogP contribution is 2.36. The van der Waals surface area contributed by atoms with Crippen LogP contribution in [0.2, 0.25) is 0 Å². The van der Waals surface area contributed by atoms with Crippen molar-refractivity contribution >= 4 is 11.4 Å². The van der Waals surface area contributed by atoms with Crippen molar-refractivity contribution < 1.29 is 18.3 Å². The fraction of sp³-hybridized carbons (Fsp3) is 0.500. The van der Waals surface area contributed by atoms with E-state index >= 15 is 0 Å². The number of nitrogens with one attached hydrogen (secondary N) is 1. The first kappa shape index (κ1) is 13.0. The summed E-state index contributed by atoms with van der Waals surface area (Å²) in [6.45, 7) is 3.32. The summed E-state index contributed by atoms with van der Waals surface area (Å²) in [7, 11) is 0. The molecule has 18 heavy (non-hydrogen) atoms. The molecule has 0 radical (unpaired) electrons. The number of hydrogen-bond acceptors (Lipinski definition) is 3. The van der Waals surface area contributed by atoms with E-state index in [1.54, 1.807) is 6.92 Å². The number of rotatable bonds is 2. The summed E-state index contributed by atoms with van der Waals surface area (Å²) < 4.78 is 37.8. The molecule has 1 aromatic rings. The average Bonchev–Trinajstić information content (AvgIpc) is 2.27. The van der Waals surface area contributed by atoms with Gasteiger partial charge in [-0.15, -0.1) is 0 Å². The summed E-state index contributed by atoms with van der Waals surface area (Å²) in [5.41, 5.74) is 0.513. The van der Waals surface area contributed by atoms with Gasteiger partial charge in [0.2, 0.25) is 0 Å². The van der Waals surface area contributed by atoms with Gasteiger partial charge in [-0.3, -0.25) is 0 Å². The summed E-state index contributed by atoms with van der Waals surface area (Å²) in [6.07, 6.45) is -4.85. The number of nitrogens with zero attached hydrogens (tertiary/aromatic N) is 1. The van der Waals surface area contributed by atoms with Crippen molar-refractivity contribution in [3.63, 3.8) is 0 Å². The highest BCUT2D eigenvalue weighted by atomic mass is 19.4. The Balaban J connectivity index is 2.31. The maximum atomic E-state index is 12.6. The van der Waals surface area contributed by atoms with Gasteiger partial charge in [-0.2, -0.15) is 13.2 Å². The molecule has 2 N–H and O–H groups in total. The number of hydrogen-bond donors (Lipinski definition) is 2. The van der Waals surface area contributed by atoms with E-state index in [0.29, 0.717) is 31.0 Å². The number of benzene rings is 1. The monoisotopic (exact) mass is 260 g/mol. The summed E-state index contributed by atoms with van der Waals surface area (Å²) >= 11 is 0. The van der Waals surface area contributed by atoms with Crippen LogP contribution in [-0.4, -0.2) is 30.8 Å². The molecule has 0 aliphatic carbocycles. The molecule has 1 aliphatic heterocycles. The van der Waals surface area contributed by atoms with Gasteiger partial charge in [0.1, 0.15) is 0 Å². The molecule has 1 heterocycles. The van der Waals surface area contributed by atoms with Gasteiger partial charge < -0.3 is 15.3 Å². The molecule has 2 rings (SSSR count). The first-order chi connectivity index (χ1) is 8.38. The molecule has 0 amide bonds. The van der Waals surface area contributed by atoms with E-state index in [0.717, 1.165) is 12.1 Å². The van der Waals surface area contributed by atoms with Gasteiger partial charge in [0.15, 0.2) is 0 Å². The maximum absolute atomic E-state index is 12.6.